The summed E-state index contributed by atoms with van der Waals surface area (Å²) in [6, 6.07) is 18.5. The molecule has 0 aliphatic heterocycles. The van der Waals surface area contributed by atoms with E-state index in [-0.39, 0.29) is 91.5 Å². The van der Waals surface area contributed by atoms with Gasteiger partial charge in [-0.1, -0.05) is 153 Å². The molecular formula is C108H164Cl2N4O16. The molecule has 20 nitrogen and oxygen atoms in total. The predicted octanol–water partition coefficient (Wildman–Crippen LogP) is 27.2. The molecule has 22 heteroatoms. The first kappa shape index (κ1) is 110. The van der Waals surface area contributed by atoms with Crippen molar-refractivity contribution >= 4 is 70.5 Å². The summed E-state index contributed by atoms with van der Waals surface area (Å²) in [4.78, 5) is 104. The molecule has 2 heterocycles. The lowest BCUT2D eigenvalue weighted by Gasteiger charge is -2.30. The summed E-state index contributed by atoms with van der Waals surface area (Å²) in [6.45, 7) is 31.0. The maximum atomic E-state index is 13.1. The number of carboxylic acids is 4. The van der Waals surface area contributed by atoms with Crippen molar-refractivity contribution in [1.82, 2.24) is 20.4 Å². The van der Waals surface area contributed by atoms with E-state index in [0.717, 1.165) is 213 Å². The Labute approximate surface area is 789 Å². The first-order valence-electron chi connectivity index (χ1n) is 49.8. The normalized spacial score (nSPS) is 22.0. The minimum atomic E-state index is -0.865. The second-order valence-electron chi connectivity index (χ2n) is 42.2. The Morgan fingerprint density at radius 3 is 0.969 bits per heavy atom. The Bertz CT molecular complexity index is 4050. The fourth-order valence-corrected chi connectivity index (χ4v) is 21.5. The maximum absolute atomic E-state index is 13.1. The number of halogens is 2. The molecule has 3 aromatic carbocycles. The van der Waals surface area contributed by atoms with Crippen molar-refractivity contribution in [1.29, 1.82) is 0 Å². The molecule has 0 bridgehead atoms. The summed E-state index contributed by atoms with van der Waals surface area (Å²) in [6.07, 6.45) is 36.0. The highest BCUT2D eigenvalue weighted by molar-refractivity contribution is 6.32. The summed E-state index contributed by atoms with van der Waals surface area (Å²) < 4.78 is 12.1. The van der Waals surface area contributed by atoms with Crippen LogP contribution in [0.25, 0.3) is 0 Å². The Morgan fingerprint density at radius 2 is 0.708 bits per heavy atom. The monoisotopic (exact) mass is 1840 g/mol. The Morgan fingerprint density at radius 1 is 0.408 bits per heavy atom. The lowest BCUT2D eigenvalue weighted by molar-refractivity contribution is -0.175. The van der Waals surface area contributed by atoms with Crippen LogP contribution in [-0.4, -0.2) is 116 Å². The molecule has 2 amide bonds. The van der Waals surface area contributed by atoms with Gasteiger partial charge in [0.15, 0.2) is 0 Å². The third-order valence-electron chi connectivity index (χ3n) is 27.9. The van der Waals surface area contributed by atoms with Gasteiger partial charge in [-0.15, -0.1) is 0 Å². The van der Waals surface area contributed by atoms with E-state index >= 15 is 0 Å². The van der Waals surface area contributed by atoms with Gasteiger partial charge in [0.25, 0.3) is 0 Å². The number of aliphatic carboxylic acids is 3. The van der Waals surface area contributed by atoms with Crippen LogP contribution >= 0.6 is 23.2 Å². The largest absolute Gasteiger partial charge is 0.481 e. The molecule has 5 aromatic rings. The predicted molar refractivity (Wildman–Crippen MR) is 517 cm³/mol. The van der Waals surface area contributed by atoms with Crippen LogP contribution < -0.4 is 0 Å². The topological polar surface area (TPSA) is 294 Å². The second kappa shape index (κ2) is 55.6. The summed E-state index contributed by atoms with van der Waals surface area (Å²) in [7, 11) is 6.48. The van der Waals surface area contributed by atoms with Crippen molar-refractivity contribution in [3.63, 3.8) is 0 Å². The Kier molecular flexibility index (Phi) is 46.9. The summed E-state index contributed by atoms with van der Waals surface area (Å²) in [5, 5.41) is 49.2. The molecule has 7 fully saturated rings. The number of carbonyl (C=O) groups excluding carboxylic acids is 4. The number of Topliss-reactive ketones (excluding diaryl/α,β-unsaturated/α-hetero) is 2. The van der Waals surface area contributed by atoms with Crippen LogP contribution in [0.2, 0.25) is 10.0 Å². The van der Waals surface area contributed by atoms with Crippen molar-refractivity contribution in [2.45, 2.75) is 376 Å². The van der Waals surface area contributed by atoms with Crippen molar-refractivity contribution in [2.75, 3.05) is 28.3 Å². The number of carboxylic acid groups (broad SMARTS) is 4. The number of rotatable bonds is 38. The number of aromatic carboxylic acids is 1. The maximum Gasteiger partial charge on any atom is 0.335 e. The number of nitrogens with zero attached hydrogens (tertiary/aromatic N) is 4. The summed E-state index contributed by atoms with van der Waals surface area (Å²) in [5.41, 5.74) is 9.33. The quantitative estimate of drug-likeness (QED) is 0.0267. The van der Waals surface area contributed by atoms with Gasteiger partial charge in [0, 0.05) is 109 Å². The number of hydroxylamine groups is 4. The van der Waals surface area contributed by atoms with Gasteiger partial charge in [-0.25, -0.2) is 14.9 Å². The molecule has 4 N–H and O–H groups in total. The molecule has 726 valence electrons. The molecule has 0 radical (unpaired) electrons. The van der Waals surface area contributed by atoms with E-state index < -0.39 is 23.9 Å². The Hall–Kier alpha value is -7.26. The van der Waals surface area contributed by atoms with Gasteiger partial charge in [0.1, 0.15) is 23.1 Å². The molecule has 2 unspecified atom stereocenters. The standard InChI is InChI=1S/2C30H40ClNO4.2C13H25NO2.C11H20O2.C11H14O2/c2*1-18(2)14-20-5-8-22(9-6-20)30-28(21-10-11-21)29(32-36-30)24(12-13-27(34)35)17-25(33)16-23-7-4-19(3)15-26(23)31;2*1-10(2)9-11-5-7-12(8-6-11)13(15)14(3)16-4;2*1-8(2)7-9-3-5-10(6-4-9)11(12)13/h2*4,7,15,18,20-22,24H,5-6,8-14,16-17H2,1-3H3,(H,34,35);2*10-12H,5-9H2,1-4H3;8-10H,3-7H2,1-2H3,(H,12,13);3-6,8H,7H2,1-2H3,(H,12,13). The van der Waals surface area contributed by atoms with E-state index in [1.807, 2.05) is 62.4 Å². The van der Waals surface area contributed by atoms with Gasteiger partial charge in [-0.2, -0.15) is 0 Å². The van der Waals surface area contributed by atoms with E-state index in [0.29, 0.717) is 58.0 Å². The highest BCUT2D eigenvalue weighted by Crippen LogP contribution is 2.53. The van der Waals surface area contributed by atoms with Gasteiger partial charge in [0.05, 0.1) is 37.1 Å². The molecule has 130 heavy (non-hydrogen) atoms. The van der Waals surface area contributed by atoms with E-state index in [1.165, 1.54) is 110 Å². The van der Waals surface area contributed by atoms with Crippen LogP contribution in [0, 0.1) is 96.7 Å². The minimum Gasteiger partial charge on any atom is -0.481 e. The van der Waals surface area contributed by atoms with E-state index in [9.17, 15) is 48.6 Å². The van der Waals surface area contributed by atoms with Gasteiger partial charge >= 0.3 is 23.9 Å². The summed E-state index contributed by atoms with van der Waals surface area (Å²) >= 11 is 12.7. The number of carbonyl (C=O) groups is 8. The average molecular weight is 1850 g/mol. The number of hydrogen-bond donors (Lipinski definition) is 4. The van der Waals surface area contributed by atoms with Crippen LogP contribution in [0.3, 0.4) is 0 Å². The first-order chi connectivity index (χ1) is 61.7. The zero-order valence-corrected chi connectivity index (χ0v) is 83.9. The van der Waals surface area contributed by atoms with Crippen LogP contribution in [0.1, 0.15) is 416 Å². The number of aryl methyl sites for hydroxylation is 2. The van der Waals surface area contributed by atoms with Gasteiger partial charge in [0.2, 0.25) is 11.8 Å². The molecule has 7 saturated carbocycles. The highest BCUT2D eigenvalue weighted by Gasteiger charge is 2.42. The molecular weight excluding hydrogens is 1680 g/mol. The number of benzene rings is 3. The van der Waals surface area contributed by atoms with Gasteiger partial charge < -0.3 is 29.5 Å². The zero-order valence-electron chi connectivity index (χ0n) is 82.4. The van der Waals surface area contributed by atoms with E-state index in [4.69, 9.17) is 52.1 Å². The van der Waals surface area contributed by atoms with Crippen molar-refractivity contribution in [3.8, 4) is 0 Å². The molecule has 7 aliphatic carbocycles. The van der Waals surface area contributed by atoms with Crippen molar-refractivity contribution < 1.29 is 77.5 Å². The van der Waals surface area contributed by atoms with Crippen molar-refractivity contribution in [3.05, 3.63) is 138 Å². The van der Waals surface area contributed by atoms with Gasteiger partial charge in [-0.05, 0) is 348 Å². The van der Waals surface area contributed by atoms with E-state index in [1.54, 1.807) is 40.4 Å². The van der Waals surface area contributed by atoms with Crippen LogP contribution in [-0.2, 0) is 62.5 Å². The molecule has 2 atom stereocenters. The number of amides is 2. The van der Waals surface area contributed by atoms with Crippen molar-refractivity contribution in [2.24, 2.45) is 82.9 Å². The highest BCUT2D eigenvalue weighted by atomic mass is 35.5. The zero-order chi connectivity index (χ0) is 95.6. The number of hydrogen-bond acceptors (Lipinski definition) is 14. The van der Waals surface area contributed by atoms with Crippen LogP contribution in [0.4, 0.5) is 0 Å². The molecule has 7 aliphatic rings. The molecule has 0 saturated heterocycles. The SMILES string of the molecule is CC(C)CC1CCC(C(=O)O)CC1.CC(C)Cc1ccc(C(=O)O)cc1.CON(C)C(=O)C1CCC(CC(C)C)CC1.CON(C)C(=O)C1CCC(CC(C)C)CC1.Cc1ccc(CC(=O)CC(CCC(=O)O)c2noc(C3CCC(CC(C)C)CC3)c2C2CC2)c(Cl)c1.Cc1ccc(CC(=O)CC(CCC(=O)O)c2noc(C3CCC(CC(C)C)CC3)c2C2CC2)c(Cl)c1. The van der Waals surface area contributed by atoms with Gasteiger partial charge in [-0.3, -0.25) is 43.2 Å². The second-order valence-corrected chi connectivity index (χ2v) is 43.1. The third-order valence-corrected chi connectivity index (χ3v) is 28.6. The summed E-state index contributed by atoms with van der Waals surface area (Å²) in [5.74, 6) is 9.14. The fourth-order valence-electron chi connectivity index (χ4n) is 20.9. The van der Waals surface area contributed by atoms with Crippen LogP contribution in [0.5, 0.6) is 0 Å². The lowest BCUT2D eigenvalue weighted by Crippen LogP contribution is -2.34. The molecule has 12 rings (SSSR count). The molecule has 2 aromatic heterocycles. The van der Waals surface area contributed by atoms with E-state index in [2.05, 4.69) is 93.4 Å². The molecule has 0 spiro atoms. The lowest BCUT2D eigenvalue weighted by atomic mass is 9.76. The number of ketones is 2. The van der Waals surface area contributed by atoms with Crippen LogP contribution in [0.15, 0.2) is 69.7 Å². The minimum absolute atomic E-state index is 0.00977. The average Bonchev–Trinajstić information content (AvgIpc) is 1.62. The third kappa shape index (κ3) is 38.2. The fraction of sp³-hybridized carbons (Fsp3) is 0.704. The first-order valence-corrected chi connectivity index (χ1v) is 50.6. The number of aromatic nitrogens is 2. The smallest absolute Gasteiger partial charge is 0.335 e. The Balaban J connectivity index is 0.000000227.